The van der Waals surface area contributed by atoms with Gasteiger partial charge in [0.2, 0.25) is 5.43 Å². The molecule has 5 nitrogen and oxygen atoms in total. The Morgan fingerprint density at radius 1 is 0.939 bits per heavy atom. The second-order valence-corrected chi connectivity index (χ2v) is 12.5. The normalized spacial score (nSPS) is 11.5. The van der Waals surface area contributed by atoms with Crippen molar-refractivity contribution in [3.63, 3.8) is 0 Å². The lowest BCUT2D eigenvalue weighted by Gasteiger charge is -2.24. The molecule has 0 unspecified atom stereocenters. The Kier molecular flexibility index (Phi) is 7.62. The van der Waals surface area contributed by atoms with E-state index in [1.54, 1.807) is 19.1 Å². The molecule has 2 aromatic rings. The predicted molar refractivity (Wildman–Crippen MR) is 159 cm³/mol. The Morgan fingerprint density at radius 2 is 1.58 bits per heavy atom. The first-order chi connectivity index (χ1) is 15.4. The average Bonchev–Trinajstić information content (AvgIpc) is 2.76. The lowest BCUT2D eigenvalue weighted by atomic mass is 9.89. The second kappa shape index (κ2) is 9.57. The van der Waals surface area contributed by atoms with Crippen LogP contribution in [-0.4, -0.2) is 5.97 Å². The SMILES string of the molecule is Cc1c(Cl)c(Cl)c(-c2c3cc(I)c(=O)c(I)c-3oc3c(I)c([O-])c(I)cc23)c(C(=O)[O-])c1Cl. The molecular weight excluding hydrogens is 946 g/mol. The van der Waals surface area contributed by atoms with Gasteiger partial charge in [0, 0.05) is 34.8 Å². The highest BCUT2D eigenvalue weighted by atomic mass is 127. The molecule has 0 amide bonds. The van der Waals surface area contributed by atoms with E-state index in [0.29, 0.717) is 23.7 Å². The Hall–Kier alpha value is 0.190. The van der Waals surface area contributed by atoms with Gasteiger partial charge in [-0.1, -0.05) is 40.6 Å². The van der Waals surface area contributed by atoms with E-state index in [1.165, 1.54) is 0 Å². The summed E-state index contributed by atoms with van der Waals surface area (Å²) in [7, 11) is 0. The first-order valence-corrected chi connectivity index (χ1v) is 14.2. The minimum absolute atomic E-state index is 0.0264. The van der Waals surface area contributed by atoms with E-state index in [2.05, 4.69) is 0 Å². The first kappa shape index (κ1) is 26.3. The molecule has 0 atom stereocenters. The van der Waals surface area contributed by atoms with Gasteiger partial charge in [-0.15, -0.1) is 0 Å². The fraction of sp³-hybridized carbons (Fsp3) is 0.0476. The van der Waals surface area contributed by atoms with E-state index >= 15 is 0 Å². The van der Waals surface area contributed by atoms with Crippen LogP contribution in [0.4, 0.5) is 0 Å². The third-order valence-electron chi connectivity index (χ3n) is 5.00. The van der Waals surface area contributed by atoms with Crippen molar-refractivity contribution in [2.24, 2.45) is 0 Å². The largest absolute Gasteiger partial charge is 0.871 e. The molecular formula is C21H5Cl3I4O5-2. The Labute approximate surface area is 256 Å². The van der Waals surface area contributed by atoms with Crippen LogP contribution >= 0.6 is 125 Å². The fourth-order valence-corrected chi connectivity index (χ4v) is 7.87. The number of hydrogen-bond acceptors (Lipinski definition) is 5. The summed E-state index contributed by atoms with van der Waals surface area (Å²) in [5.74, 6) is -1.62. The molecule has 0 fully saturated rings. The van der Waals surface area contributed by atoms with E-state index in [0.717, 1.165) is 0 Å². The van der Waals surface area contributed by atoms with Crippen molar-refractivity contribution in [1.82, 2.24) is 0 Å². The molecule has 12 heteroatoms. The molecule has 0 aromatic heterocycles. The average molecular weight is 951 g/mol. The third kappa shape index (κ3) is 4.14. The van der Waals surface area contributed by atoms with Crippen LogP contribution in [0, 0.1) is 21.2 Å². The number of carbonyl (C=O) groups excluding carboxylic acids is 1. The summed E-state index contributed by atoms with van der Waals surface area (Å²) in [4.78, 5) is 24.9. The Morgan fingerprint density at radius 3 is 2.18 bits per heavy atom. The van der Waals surface area contributed by atoms with Crippen molar-refractivity contribution < 1.29 is 19.4 Å². The molecule has 1 aliphatic carbocycles. The molecule has 4 rings (SSSR count). The molecule has 1 aliphatic heterocycles. The van der Waals surface area contributed by atoms with Gasteiger partial charge in [-0.05, 0) is 115 Å². The molecule has 1 heterocycles. The van der Waals surface area contributed by atoms with Crippen molar-refractivity contribution in [3.05, 3.63) is 62.8 Å². The summed E-state index contributed by atoms with van der Waals surface area (Å²) >= 11 is 27.0. The number of rotatable bonds is 2. The molecule has 170 valence electrons. The lowest BCUT2D eigenvalue weighted by Crippen LogP contribution is -2.24. The van der Waals surface area contributed by atoms with Gasteiger partial charge in [-0.3, -0.25) is 4.79 Å². The quantitative estimate of drug-likeness (QED) is 0.127. The number of carboxylic acid groups (broad SMARTS) is 1. The molecule has 0 saturated carbocycles. The van der Waals surface area contributed by atoms with E-state index < -0.39 is 5.97 Å². The van der Waals surface area contributed by atoms with Crippen LogP contribution in [0.3, 0.4) is 0 Å². The van der Waals surface area contributed by atoms with Crippen molar-refractivity contribution in [2.75, 3.05) is 0 Å². The van der Waals surface area contributed by atoms with E-state index in [1.807, 2.05) is 90.4 Å². The maximum Gasteiger partial charge on any atom is 0.209 e. The van der Waals surface area contributed by atoms with Crippen LogP contribution in [0.1, 0.15) is 15.9 Å². The summed E-state index contributed by atoms with van der Waals surface area (Å²) in [5.41, 5.74) is 0.648. The van der Waals surface area contributed by atoms with Crippen LogP contribution in [0.5, 0.6) is 5.75 Å². The maximum absolute atomic E-state index is 12.7. The van der Waals surface area contributed by atoms with Crippen LogP contribution in [0.2, 0.25) is 15.1 Å². The van der Waals surface area contributed by atoms with Gasteiger partial charge in [0.05, 0.1) is 24.6 Å². The number of carbonyl (C=O) groups is 1. The summed E-state index contributed by atoms with van der Waals surface area (Å²) in [6, 6.07) is 3.17. The van der Waals surface area contributed by atoms with Crippen LogP contribution in [0.25, 0.3) is 33.4 Å². The van der Waals surface area contributed by atoms with Crippen molar-refractivity contribution in [1.29, 1.82) is 0 Å². The van der Waals surface area contributed by atoms with Crippen LogP contribution in [-0.2, 0) is 0 Å². The van der Waals surface area contributed by atoms with E-state index in [-0.39, 0.29) is 61.4 Å². The zero-order valence-corrected chi connectivity index (χ0v) is 26.7. The third-order valence-corrected chi connectivity index (χ3v) is 9.98. The Balaban J connectivity index is 2.43. The summed E-state index contributed by atoms with van der Waals surface area (Å²) < 4.78 is 7.40. The summed E-state index contributed by atoms with van der Waals surface area (Å²) in [6.45, 7) is 1.55. The molecule has 0 spiro atoms. The zero-order chi connectivity index (χ0) is 24.5. The van der Waals surface area contributed by atoms with Gasteiger partial charge in [-0.2, -0.15) is 0 Å². The number of hydrogen-bond donors (Lipinski definition) is 0. The van der Waals surface area contributed by atoms with Gasteiger partial charge in [0.1, 0.15) is 9.15 Å². The van der Waals surface area contributed by atoms with E-state index in [9.17, 15) is 19.8 Å². The van der Waals surface area contributed by atoms with Gasteiger partial charge in [0.25, 0.3) is 0 Å². The number of carboxylic acids is 1. The monoisotopic (exact) mass is 950 g/mol. The van der Waals surface area contributed by atoms with E-state index in [4.69, 9.17) is 39.2 Å². The van der Waals surface area contributed by atoms with Crippen LogP contribution < -0.4 is 15.6 Å². The first-order valence-electron chi connectivity index (χ1n) is 8.70. The minimum atomic E-state index is -1.55. The minimum Gasteiger partial charge on any atom is -0.871 e. The number of benzene rings is 3. The van der Waals surface area contributed by atoms with Gasteiger partial charge in [-0.25, -0.2) is 0 Å². The highest BCUT2D eigenvalue weighted by Gasteiger charge is 2.29. The topological polar surface area (TPSA) is 93.4 Å². The highest BCUT2D eigenvalue weighted by Crippen LogP contribution is 2.51. The van der Waals surface area contributed by atoms with Crippen molar-refractivity contribution in [2.45, 2.75) is 6.92 Å². The fourth-order valence-electron chi connectivity index (χ4n) is 3.46. The van der Waals surface area contributed by atoms with Crippen LogP contribution in [0.15, 0.2) is 21.3 Å². The number of aromatic carboxylic acids is 1. The van der Waals surface area contributed by atoms with Crippen molar-refractivity contribution in [3.8, 4) is 28.2 Å². The number of halogens is 7. The molecule has 33 heavy (non-hydrogen) atoms. The molecule has 0 bridgehead atoms. The zero-order valence-electron chi connectivity index (χ0n) is 15.8. The van der Waals surface area contributed by atoms with Gasteiger partial charge >= 0.3 is 0 Å². The standard InChI is InChI=1S/C21H7Cl3I4O5/c1-4-12(22)11(21(31)32)10(14(24)13(4)23)9-5-2-7(25)17(29)15(27)19(5)33-20-6(9)3-8(26)18(30)16(20)28/h2-3,29H,1H3,(H,31,32)/p-2. The molecule has 2 aliphatic rings. The Bertz CT molecular complexity index is 1570. The molecule has 2 aromatic carbocycles. The summed E-state index contributed by atoms with van der Waals surface area (Å²) in [6.07, 6.45) is 0. The smallest absolute Gasteiger partial charge is 0.209 e. The maximum atomic E-state index is 12.7. The molecule has 0 radical (unpaired) electrons. The van der Waals surface area contributed by atoms with Crippen molar-refractivity contribution >= 4 is 142 Å². The second-order valence-electron chi connectivity index (χ2n) is 6.84. The number of fused-ring (bicyclic) bond motifs is 2. The highest BCUT2D eigenvalue weighted by molar-refractivity contribution is 14.1. The van der Waals surface area contributed by atoms with Gasteiger partial charge in [0.15, 0.2) is 5.76 Å². The molecule has 0 saturated heterocycles. The molecule has 0 N–H and O–H groups in total. The lowest BCUT2D eigenvalue weighted by molar-refractivity contribution is -0.270. The predicted octanol–water partition coefficient (Wildman–Crippen LogP) is 6.69. The van der Waals surface area contributed by atoms with Gasteiger partial charge < -0.3 is 19.4 Å². The summed E-state index contributed by atoms with van der Waals surface area (Å²) in [5, 5.41) is 25.3.